The van der Waals surface area contributed by atoms with Crippen LogP contribution in [0.25, 0.3) is 11.1 Å². The smallest absolute Gasteiger partial charge is 0.150 e. The third-order valence-corrected chi connectivity index (χ3v) is 4.91. The van der Waals surface area contributed by atoms with Crippen LogP contribution in [0.15, 0.2) is 76.5 Å². The molecule has 3 heteroatoms. The average Bonchev–Trinajstić information content (AvgIpc) is 2.59. The molecule has 0 aromatic heterocycles. The molecule has 0 spiro atoms. The first-order valence-electron chi connectivity index (χ1n) is 7.08. The predicted octanol–water partition coefficient (Wildman–Crippen LogP) is 5.37. The molecule has 1 aliphatic heterocycles. The molecule has 0 unspecified atom stereocenters. The second-order valence-electron chi connectivity index (χ2n) is 5.11. The van der Waals surface area contributed by atoms with E-state index in [0.717, 1.165) is 28.8 Å². The Balaban J connectivity index is 1.90. The van der Waals surface area contributed by atoms with Gasteiger partial charge in [0.05, 0.1) is 11.4 Å². The molecule has 2 nitrogen and oxygen atoms in total. The van der Waals surface area contributed by atoms with Crippen molar-refractivity contribution in [3.63, 3.8) is 0 Å². The molecule has 22 heavy (non-hydrogen) atoms. The number of rotatable bonds is 2. The molecule has 0 atom stereocenters. The first kappa shape index (κ1) is 13.2. The van der Waals surface area contributed by atoms with Gasteiger partial charge in [-0.1, -0.05) is 60.3 Å². The number of hydrogen-bond acceptors (Lipinski definition) is 3. The van der Waals surface area contributed by atoms with Crippen molar-refractivity contribution in [1.82, 2.24) is 0 Å². The number of benzene rings is 3. The molecule has 1 aliphatic rings. The highest BCUT2D eigenvalue weighted by molar-refractivity contribution is 7.99. The molecule has 106 valence electrons. The Labute approximate surface area is 133 Å². The van der Waals surface area contributed by atoms with Crippen molar-refractivity contribution in [2.75, 3.05) is 5.32 Å². The number of fused-ring (bicyclic) bond motifs is 2. The van der Waals surface area contributed by atoms with Gasteiger partial charge in [-0.3, -0.25) is 4.79 Å². The lowest BCUT2D eigenvalue weighted by molar-refractivity contribution is 0.112. The summed E-state index contributed by atoms with van der Waals surface area (Å²) < 4.78 is 0. The number of nitrogens with one attached hydrogen (secondary N) is 1. The fraction of sp³-hybridized carbons (Fsp3) is 0. The SMILES string of the molecule is O=Cc1ccccc1-c1cccc2c1Nc1ccccc1S2. The highest BCUT2D eigenvalue weighted by Crippen LogP contribution is 2.47. The second-order valence-corrected chi connectivity index (χ2v) is 6.19. The van der Waals surface area contributed by atoms with E-state index in [2.05, 4.69) is 29.6 Å². The summed E-state index contributed by atoms with van der Waals surface area (Å²) in [5, 5.41) is 3.52. The van der Waals surface area contributed by atoms with Gasteiger partial charge < -0.3 is 5.32 Å². The van der Waals surface area contributed by atoms with Crippen molar-refractivity contribution >= 4 is 29.4 Å². The molecular formula is C19H13NOS. The minimum absolute atomic E-state index is 0.710. The molecule has 0 fully saturated rings. The Bertz CT molecular complexity index is 873. The zero-order chi connectivity index (χ0) is 14.9. The number of hydrogen-bond donors (Lipinski definition) is 1. The van der Waals surface area contributed by atoms with E-state index >= 15 is 0 Å². The Morgan fingerprint density at radius 2 is 1.50 bits per heavy atom. The quantitative estimate of drug-likeness (QED) is 0.504. The zero-order valence-electron chi connectivity index (χ0n) is 11.7. The molecule has 0 bridgehead atoms. The zero-order valence-corrected chi connectivity index (χ0v) is 12.6. The summed E-state index contributed by atoms with van der Waals surface area (Å²) >= 11 is 1.75. The van der Waals surface area contributed by atoms with Crippen LogP contribution < -0.4 is 5.32 Å². The molecule has 3 aromatic rings. The monoisotopic (exact) mass is 303 g/mol. The number of anilines is 2. The average molecular weight is 303 g/mol. The normalized spacial score (nSPS) is 12.0. The molecule has 1 heterocycles. The maximum absolute atomic E-state index is 11.3. The Hall–Kier alpha value is -2.52. The molecule has 3 aromatic carbocycles. The minimum atomic E-state index is 0.710. The van der Waals surface area contributed by atoms with Crippen LogP contribution in [0.4, 0.5) is 11.4 Å². The third kappa shape index (κ3) is 2.11. The molecule has 0 aliphatic carbocycles. The van der Waals surface area contributed by atoms with Crippen molar-refractivity contribution in [1.29, 1.82) is 0 Å². The van der Waals surface area contributed by atoms with Gasteiger partial charge in [0.1, 0.15) is 0 Å². The molecular weight excluding hydrogens is 290 g/mol. The van der Waals surface area contributed by atoms with Crippen molar-refractivity contribution < 1.29 is 4.79 Å². The van der Waals surface area contributed by atoms with Crippen molar-refractivity contribution in [3.05, 3.63) is 72.3 Å². The van der Waals surface area contributed by atoms with Crippen LogP contribution in [0.3, 0.4) is 0 Å². The van der Waals surface area contributed by atoms with E-state index in [1.54, 1.807) is 11.8 Å². The van der Waals surface area contributed by atoms with Crippen LogP contribution in [-0.4, -0.2) is 6.29 Å². The molecule has 4 rings (SSSR count). The fourth-order valence-electron chi connectivity index (χ4n) is 2.73. The molecule has 0 amide bonds. The summed E-state index contributed by atoms with van der Waals surface area (Å²) in [6.45, 7) is 0. The number of para-hydroxylation sites is 2. The van der Waals surface area contributed by atoms with Crippen LogP contribution in [0.1, 0.15) is 10.4 Å². The molecule has 0 radical (unpaired) electrons. The van der Waals surface area contributed by atoms with E-state index in [4.69, 9.17) is 0 Å². The Morgan fingerprint density at radius 3 is 2.41 bits per heavy atom. The summed E-state index contributed by atoms with van der Waals surface area (Å²) in [4.78, 5) is 13.7. The van der Waals surface area contributed by atoms with Gasteiger partial charge in [-0.05, 0) is 23.8 Å². The van der Waals surface area contributed by atoms with Crippen LogP contribution in [-0.2, 0) is 0 Å². The maximum atomic E-state index is 11.3. The van der Waals surface area contributed by atoms with E-state index in [0.29, 0.717) is 5.56 Å². The van der Waals surface area contributed by atoms with Gasteiger partial charge in [0.15, 0.2) is 6.29 Å². The van der Waals surface area contributed by atoms with Crippen molar-refractivity contribution in [3.8, 4) is 11.1 Å². The van der Waals surface area contributed by atoms with Gasteiger partial charge in [-0.2, -0.15) is 0 Å². The summed E-state index contributed by atoms with van der Waals surface area (Å²) in [6.07, 6.45) is 0.915. The Morgan fingerprint density at radius 1 is 0.773 bits per heavy atom. The van der Waals surface area contributed by atoms with E-state index < -0.39 is 0 Å². The number of aldehydes is 1. The number of carbonyl (C=O) groups excluding carboxylic acids is 1. The van der Waals surface area contributed by atoms with Gasteiger partial charge >= 0.3 is 0 Å². The maximum Gasteiger partial charge on any atom is 0.150 e. The molecule has 0 saturated heterocycles. The Kier molecular flexibility index (Phi) is 3.20. The van der Waals surface area contributed by atoms with Gasteiger partial charge in [0, 0.05) is 20.9 Å². The largest absolute Gasteiger partial charge is 0.353 e. The van der Waals surface area contributed by atoms with E-state index in [1.165, 1.54) is 9.79 Å². The highest BCUT2D eigenvalue weighted by Gasteiger charge is 2.19. The first-order valence-corrected chi connectivity index (χ1v) is 7.90. The van der Waals surface area contributed by atoms with Gasteiger partial charge in [0.2, 0.25) is 0 Å². The van der Waals surface area contributed by atoms with E-state index in [-0.39, 0.29) is 0 Å². The van der Waals surface area contributed by atoms with E-state index in [9.17, 15) is 4.79 Å². The van der Waals surface area contributed by atoms with Gasteiger partial charge in [-0.25, -0.2) is 0 Å². The lowest BCUT2D eigenvalue weighted by Crippen LogP contribution is -2.02. The third-order valence-electron chi connectivity index (χ3n) is 3.77. The lowest BCUT2D eigenvalue weighted by atomic mass is 9.98. The summed E-state index contributed by atoms with van der Waals surface area (Å²) in [7, 11) is 0. The number of carbonyl (C=O) groups is 1. The predicted molar refractivity (Wildman–Crippen MR) is 91.1 cm³/mol. The standard InChI is InChI=1S/C19H13NOS/c21-12-13-6-1-2-7-14(13)15-8-5-11-18-19(15)20-16-9-3-4-10-17(16)22-18/h1-12,20H. The minimum Gasteiger partial charge on any atom is -0.353 e. The molecule has 0 saturated carbocycles. The highest BCUT2D eigenvalue weighted by atomic mass is 32.2. The van der Waals surface area contributed by atoms with Crippen LogP contribution in [0.2, 0.25) is 0 Å². The summed E-state index contributed by atoms with van der Waals surface area (Å²) in [5.41, 5.74) is 4.90. The molecule has 1 N–H and O–H groups in total. The van der Waals surface area contributed by atoms with Crippen molar-refractivity contribution in [2.24, 2.45) is 0 Å². The topological polar surface area (TPSA) is 29.1 Å². The fourth-order valence-corrected chi connectivity index (χ4v) is 3.75. The van der Waals surface area contributed by atoms with Crippen molar-refractivity contribution in [2.45, 2.75) is 9.79 Å². The first-order chi connectivity index (χ1) is 10.9. The lowest BCUT2D eigenvalue weighted by Gasteiger charge is -2.23. The van der Waals surface area contributed by atoms with Crippen LogP contribution in [0.5, 0.6) is 0 Å². The van der Waals surface area contributed by atoms with Gasteiger partial charge in [-0.15, -0.1) is 0 Å². The van der Waals surface area contributed by atoms with Crippen LogP contribution in [0, 0.1) is 0 Å². The van der Waals surface area contributed by atoms with E-state index in [1.807, 2.05) is 42.5 Å². The van der Waals surface area contributed by atoms with Gasteiger partial charge in [0.25, 0.3) is 0 Å². The van der Waals surface area contributed by atoms with Crippen LogP contribution >= 0.6 is 11.8 Å². The second kappa shape index (κ2) is 5.35. The summed E-state index contributed by atoms with van der Waals surface area (Å²) in [5.74, 6) is 0. The summed E-state index contributed by atoms with van der Waals surface area (Å²) in [6, 6.07) is 22.2.